The van der Waals surface area contributed by atoms with Crippen molar-refractivity contribution in [2.45, 2.75) is 306 Å². The smallest absolute Gasteiger partial charge is 0.187 e. The molecule has 21 saturated heterocycles. The molecule has 728 valence electrons. The Hall–Kier alpha value is -6.86. The summed E-state index contributed by atoms with van der Waals surface area (Å²) in [6.45, 7) is 11.7. The highest BCUT2D eigenvalue weighted by atomic mass is 16.8. The topological polar surface area (TPSA) is 497 Å². The van der Waals surface area contributed by atoms with E-state index in [0.29, 0.717) is 0 Å². The normalized spacial score (nSPS) is 38.6. The van der Waals surface area contributed by atoms with Gasteiger partial charge < -0.3 is 175 Å². The summed E-state index contributed by atoms with van der Waals surface area (Å²) < 4.78 is 94.2. The Morgan fingerprint density at radius 2 is 0.271 bits per heavy atom. The predicted molar refractivity (Wildman–Crippen MR) is 479 cm³/mol. The third-order valence-corrected chi connectivity index (χ3v) is 27.0. The third kappa shape index (κ3) is 24.2. The van der Waals surface area contributed by atoms with Crippen molar-refractivity contribution in [3.63, 3.8) is 0 Å². The average molecular weight is 1860 g/mol. The fourth-order valence-corrected chi connectivity index (χ4v) is 18.6. The number of aliphatic hydroxyl groups is 14. The molecule has 0 saturated carbocycles. The van der Waals surface area contributed by atoms with Crippen molar-refractivity contribution in [1.82, 2.24) is 37.2 Å². The predicted octanol–water partition coefficient (Wildman–Crippen LogP) is 1.28. The van der Waals surface area contributed by atoms with Crippen molar-refractivity contribution in [2.24, 2.45) is 0 Å². The molecule has 7 unspecified atom stereocenters. The molecule has 0 aromatic heterocycles. The first-order valence-corrected chi connectivity index (χ1v) is 46.3. The molecule has 0 aliphatic carbocycles. The quantitative estimate of drug-likeness (QED) is 0.0328. The van der Waals surface area contributed by atoms with Crippen LogP contribution in [-0.4, -0.2) is 332 Å². The lowest BCUT2D eigenvalue weighted by Gasteiger charge is -2.50. The zero-order valence-electron chi connectivity index (χ0n) is 75.4. The number of hydrogen-bond acceptors (Lipinski definition) is 35. The van der Waals surface area contributed by atoms with Crippen LogP contribution in [0.15, 0.2) is 212 Å². The van der Waals surface area contributed by atoms with Gasteiger partial charge in [0.1, 0.15) is 171 Å². The summed E-state index contributed by atoms with van der Waals surface area (Å²) in [7, 11) is 0. The van der Waals surface area contributed by atoms with E-state index in [4.69, 9.17) is 66.3 Å². The Labute approximate surface area is 774 Å². The average Bonchev–Trinajstić information content (AvgIpc) is 0.837. The van der Waals surface area contributed by atoms with Crippen molar-refractivity contribution >= 4 is 0 Å². The standard InChI is InChI=1S/C98H133N7O28/c1-50(57-29-15-8-16-30-57)99-43-64-85-71(106)78(113)92(120-64)128-86-65(44-100-51(2)58-31-17-9-18-32-58)122-94(80(115)73(86)108)130-88-67(46-102-53(4)60-35-21-11-22-36-60)124-96(82(117)75(88)110)132-90-69(48-104-55(6)62-39-25-13-26-40-62)126-98(84(119)77(90)112)133-91-70(49-105-56(7)63-41-27-14-28-42-63)125-97(83(118)76(91)111)131-89-68(47-103-54(5)61-37-23-12-24-38-61)123-95(81(116)74(89)109)129-87-66(121-93(127-85)79(114)72(87)107)45-101-52(3)59-33-19-10-20-34-59/h8-42,50-56,64-119H,43-49H2,1-7H3/t50?,51?,52?,53?,54?,55?,56?,64-,65-,66-,67-,68-,69-,70-,71-,72-,73-,74-,75-,76-,77-,78-,79-,80-,81-,82-,83-,84-,85-,86-,87-,88-,89-,90-,91-,92-,93-,94-,95-,96-,97-,98-/m1/s1. The molecule has 42 atom stereocenters. The zero-order chi connectivity index (χ0) is 93.8. The molecule has 14 bridgehead atoms. The molecule has 21 aliphatic heterocycles. The van der Waals surface area contributed by atoms with E-state index in [1.54, 1.807) is 0 Å². The molecule has 7 aromatic carbocycles. The van der Waals surface area contributed by atoms with Gasteiger partial charge in [0.2, 0.25) is 0 Å². The maximum Gasteiger partial charge on any atom is 0.187 e. The van der Waals surface area contributed by atoms with Crippen molar-refractivity contribution in [1.29, 1.82) is 0 Å². The molecule has 35 nitrogen and oxygen atoms in total. The van der Waals surface area contributed by atoms with Crippen molar-refractivity contribution in [2.75, 3.05) is 45.8 Å². The molecule has 133 heavy (non-hydrogen) atoms. The summed E-state index contributed by atoms with van der Waals surface area (Å²) in [6, 6.07) is 62.4. The van der Waals surface area contributed by atoms with E-state index in [1.165, 1.54) is 0 Å². The molecule has 21 aliphatic rings. The van der Waals surface area contributed by atoms with Gasteiger partial charge in [-0.25, -0.2) is 0 Å². The van der Waals surface area contributed by atoms with Gasteiger partial charge in [-0.1, -0.05) is 212 Å². The molecule has 7 aromatic rings. The fraction of sp³-hybridized carbons (Fsp3) is 0.571. The first kappa shape index (κ1) is 101. The number of nitrogens with one attached hydrogen (secondary N) is 7. The highest BCUT2D eigenvalue weighted by Crippen LogP contribution is 2.41. The molecular formula is C98H133N7O28. The largest absolute Gasteiger partial charge is 0.387 e. The van der Waals surface area contributed by atoms with Gasteiger partial charge >= 0.3 is 0 Å². The Morgan fingerprint density at radius 1 is 0.165 bits per heavy atom. The summed E-state index contributed by atoms with van der Waals surface area (Å²) in [5.74, 6) is 0. The Balaban J connectivity index is 0.813. The third-order valence-electron chi connectivity index (χ3n) is 27.0. The second-order valence-corrected chi connectivity index (χ2v) is 36.2. The lowest BCUT2D eigenvalue weighted by Crippen LogP contribution is -2.69. The van der Waals surface area contributed by atoms with Gasteiger partial charge in [-0.3, -0.25) is 0 Å². The first-order valence-electron chi connectivity index (χ1n) is 46.3. The van der Waals surface area contributed by atoms with Crippen LogP contribution in [0.4, 0.5) is 0 Å². The summed E-state index contributed by atoms with van der Waals surface area (Å²) in [4.78, 5) is 0. The molecule has 21 N–H and O–H groups in total. The molecule has 0 spiro atoms. The van der Waals surface area contributed by atoms with Crippen LogP contribution in [0.2, 0.25) is 0 Å². The number of benzene rings is 7. The SMILES string of the molecule is CC(NC[C@H]1O[C@@H]2O[C@H]3[C@H](O)[C@@H](O)[C@@H](O[C@H]4[C@H](O)[C@@H](O)[C@@H](O[C@H]5[C@H](O)[C@@H](O)[C@@H](O[C@H]6[C@H](O)[C@@H](O)[C@@H](O[C@H]7[C@H](O)[C@@H](O)[C@@H](O[C@H]8[C@H](O)[C@@H](O)[C@@H](O[C@H]1[C@H](O)[C@H]2O)O[C@@H]8CNC(C)c1ccccc1)O[C@@H]7CNC(C)c1ccccc1)O[C@@H]6CNC(C)c1ccccc1)O[C@@H]5CNC(C)c1ccccc1)O[C@@H]4CNC(C)c1ccccc1)O[C@@H]3CNC(C)c1ccccc1)c1ccccc1. The van der Waals surface area contributed by atoms with Gasteiger partial charge in [-0.2, -0.15) is 0 Å². The van der Waals surface area contributed by atoms with Gasteiger partial charge in [0.05, 0.1) is 0 Å². The maximum atomic E-state index is 12.8. The summed E-state index contributed by atoms with van der Waals surface area (Å²) in [5, 5.41) is 203. The Kier molecular flexibility index (Phi) is 35.3. The zero-order valence-corrected chi connectivity index (χ0v) is 75.4. The molecule has 21 fully saturated rings. The van der Waals surface area contributed by atoms with E-state index in [0.717, 1.165) is 38.9 Å². The van der Waals surface area contributed by atoms with E-state index in [-0.39, 0.29) is 45.8 Å². The highest BCUT2D eigenvalue weighted by Gasteiger charge is 2.60. The highest BCUT2D eigenvalue weighted by molar-refractivity contribution is 5.25. The molecule has 35 heteroatoms. The molecule has 28 rings (SSSR count). The van der Waals surface area contributed by atoms with Gasteiger partial charge in [0, 0.05) is 88.1 Å². The minimum Gasteiger partial charge on any atom is -0.387 e. The fourth-order valence-electron chi connectivity index (χ4n) is 18.6. The monoisotopic (exact) mass is 1860 g/mol. The van der Waals surface area contributed by atoms with Crippen LogP contribution in [0.3, 0.4) is 0 Å². The van der Waals surface area contributed by atoms with Crippen LogP contribution in [0.1, 0.15) is 130 Å². The van der Waals surface area contributed by atoms with Crippen molar-refractivity contribution in [3.8, 4) is 0 Å². The molecule has 0 radical (unpaired) electrons. The number of aliphatic hydroxyl groups excluding tert-OH is 14. The van der Waals surface area contributed by atoms with Crippen LogP contribution >= 0.6 is 0 Å². The van der Waals surface area contributed by atoms with Crippen LogP contribution in [-0.2, 0) is 66.3 Å². The van der Waals surface area contributed by atoms with Crippen LogP contribution in [0, 0.1) is 0 Å². The van der Waals surface area contributed by atoms with Gasteiger partial charge in [0.25, 0.3) is 0 Å². The lowest BCUT2D eigenvalue weighted by atomic mass is 9.94. The summed E-state index contributed by atoms with van der Waals surface area (Å²) in [5.41, 5.74) is 5.84. The van der Waals surface area contributed by atoms with E-state index >= 15 is 0 Å². The minimum atomic E-state index is -2.10. The van der Waals surface area contributed by atoms with E-state index < -0.39 is 257 Å². The van der Waals surface area contributed by atoms with E-state index in [9.17, 15) is 71.5 Å². The van der Waals surface area contributed by atoms with Crippen LogP contribution in [0.5, 0.6) is 0 Å². The molecule has 21 heterocycles. The summed E-state index contributed by atoms with van der Waals surface area (Å²) in [6.07, 6.45) is -64.0. The second-order valence-electron chi connectivity index (χ2n) is 36.2. The van der Waals surface area contributed by atoms with Crippen molar-refractivity contribution in [3.05, 3.63) is 251 Å². The van der Waals surface area contributed by atoms with Crippen LogP contribution in [0.25, 0.3) is 0 Å². The summed E-state index contributed by atoms with van der Waals surface area (Å²) >= 11 is 0. The van der Waals surface area contributed by atoms with Crippen LogP contribution < -0.4 is 37.2 Å². The minimum absolute atomic E-state index is 0.201. The van der Waals surface area contributed by atoms with Gasteiger partial charge in [-0.15, -0.1) is 0 Å². The molecule has 0 amide bonds. The van der Waals surface area contributed by atoms with E-state index in [2.05, 4.69) is 37.2 Å². The maximum absolute atomic E-state index is 12.8. The van der Waals surface area contributed by atoms with Gasteiger partial charge in [0.15, 0.2) is 44.0 Å². The Morgan fingerprint density at radius 3 is 0.376 bits per heavy atom. The number of hydrogen-bond donors (Lipinski definition) is 21. The second kappa shape index (κ2) is 46.7. The molecular weight excluding hydrogens is 1720 g/mol. The lowest BCUT2D eigenvalue weighted by molar-refractivity contribution is -0.392. The first-order chi connectivity index (χ1) is 64.2. The number of rotatable bonds is 28. The van der Waals surface area contributed by atoms with E-state index in [1.807, 2.05) is 261 Å². The Bertz CT molecular complexity index is 3790. The van der Waals surface area contributed by atoms with Gasteiger partial charge in [-0.05, 0) is 87.4 Å². The number of ether oxygens (including phenoxy) is 14. The van der Waals surface area contributed by atoms with Crippen molar-refractivity contribution < 1.29 is 138 Å².